The molecular weight excluding hydrogens is 441 g/mol. The number of rotatable bonds is 10. The van der Waals surface area contributed by atoms with Gasteiger partial charge in [0.05, 0.1) is 19.0 Å². The number of hydrogen-bond donors (Lipinski definition) is 1. The predicted molar refractivity (Wildman–Crippen MR) is 128 cm³/mol. The average Bonchev–Trinajstić information content (AvgIpc) is 3.26. The Morgan fingerprint density at radius 3 is 2.70 bits per heavy atom. The lowest BCUT2D eigenvalue weighted by Gasteiger charge is -2.27. The third-order valence-electron chi connectivity index (χ3n) is 6.05. The standard InChI is InChI=1S/C24H32FN5O2S/c25-21-8-6-20(7-9-21)23-27-28-24(30(23)13-12-29-14-16-32-17-15-29)33-18-22(31)26-11-10-19-4-2-1-3-5-19/h4,6-9H,1-3,5,10-18H2,(H,26,31). The van der Waals surface area contributed by atoms with Crippen LogP contribution in [-0.4, -0.2) is 70.7 Å². The van der Waals surface area contributed by atoms with Crippen molar-refractivity contribution in [2.75, 3.05) is 45.1 Å². The molecule has 1 amide bonds. The molecule has 1 N–H and O–H groups in total. The molecule has 178 valence electrons. The third kappa shape index (κ3) is 7.12. The molecule has 0 bridgehead atoms. The number of ether oxygens (including phenoxy) is 1. The van der Waals surface area contributed by atoms with E-state index < -0.39 is 0 Å². The number of thioether (sulfide) groups is 1. The molecule has 0 atom stereocenters. The van der Waals surface area contributed by atoms with Crippen molar-refractivity contribution in [2.24, 2.45) is 0 Å². The summed E-state index contributed by atoms with van der Waals surface area (Å²) in [6.45, 7) is 5.49. The molecule has 9 heteroatoms. The number of morpholine rings is 1. The second-order valence-corrected chi connectivity index (χ2v) is 9.36. The molecule has 1 aromatic carbocycles. The molecule has 2 aromatic rings. The molecule has 33 heavy (non-hydrogen) atoms. The largest absolute Gasteiger partial charge is 0.379 e. The molecule has 0 saturated carbocycles. The van der Waals surface area contributed by atoms with Crippen LogP contribution in [0.2, 0.25) is 0 Å². The van der Waals surface area contributed by atoms with Gasteiger partial charge in [0.25, 0.3) is 0 Å². The van der Waals surface area contributed by atoms with Crippen molar-refractivity contribution in [3.63, 3.8) is 0 Å². The van der Waals surface area contributed by atoms with Gasteiger partial charge in [-0.25, -0.2) is 4.39 Å². The molecule has 7 nitrogen and oxygen atoms in total. The Morgan fingerprint density at radius 2 is 1.94 bits per heavy atom. The average molecular weight is 474 g/mol. The van der Waals surface area contributed by atoms with E-state index in [9.17, 15) is 9.18 Å². The smallest absolute Gasteiger partial charge is 0.230 e. The Labute approximate surface area is 198 Å². The Morgan fingerprint density at radius 1 is 1.12 bits per heavy atom. The second kappa shape index (κ2) is 12.3. The number of amides is 1. The minimum Gasteiger partial charge on any atom is -0.379 e. The molecule has 4 rings (SSSR count). The lowest BCUT2D eigenvalue weighted by molar-refractivity contribution is -0.118. The van der Waals surface area contributed by atoms with E-state index in [-0.39, 0.29) is 17.5 Å². The lowest BCUT2D eigenvalue weighted by Crippen LogP contribution is -2.38. The summed E-state index contributed by atoms with van der Waals surface area (Å²) in [5.74, 6) is 0.698. The number of carbonyl (C=O) groups excluding carboxylic acids is 1. The highest BCUT2D eigenvalue weighted by Gasteiger charge is 2.18. The number of allylic oxidation sites excluding steroid dienone is 1. The fourth-order valence-corrected chi connectivity index (χ4v) is 4.95. The van der Waals surface area contributed by atoms with E-state index in [1.165, 1.54) is 42.3 Å². The molecule has 1 aromatic heterocycles. The SMILES string of the molecule is O=C(CSc1nnc(-c2ccc(F)cc2)n1CCN1CCOCC1)NCCC1=CCCCC1. The number of halogens is 1. The highest BCUT2D eigenvalue weighted by molar-refractivity contribution is 7.99. The van der Waals surface area contributed by atoms with Crippen LogP contribution in [0.4, 0.5) is 4.39 Å². The summed E-state index contributed by atoms with van der Waals surface area (Å²) in [5, 5.41) is 12.5. The van der Waals surface area contributed by atoms with E-state index in [0.29, 0.717) is 24.1 Å². The van der Waals surface area contributed by atoms with Crippen molar-refractivity contribution in [3.8, 4) is 11.4 Å². The second-order valence-electron chi connectivity index (χ2n) is 8.42. The van der Waals surface area contributed by atoms with Gasteiger partial charge in [0.1, 0.15) is 5.82 Å². The molecule has 1 aliphatic heterocycles. The van der Waals surface area contributed by atoms with Gasteiger partial charge < -0.3 is 14.6 Å². The maximum absolute atomic E-state index is 13.4. The number of hydrogen-bond acceptors (Lipinski definition) is 6. The number of carbonyl (C=O) groups is 1. The van der Waals surface area contributed by atoms with Crippen LogP contribution in [0.1, 0.15) is 32.1 Å². The minimum absolute atomic E-state index is 0.00229. The minimum atomic E-state index is -0.284. The van der Waals surface area contributed by atoms with Crippen molar-refractivity contribution in [3.05, 3.63) is 41.7 Å². The zero-order valence-corrected chi connectivity index (χ0v) is 19.8. The van der Waals surface area contributed by atoms with Gasteiger partial charge in [-0.15, -0.1) is 10.2 Å². The van der Waals surface area contributed by atoms with E-state index in [2.05, 4.69) is 26.5 Å². The fourth-order valence-electron chi connectivity index (χ4n) is 4.15. The van der Waals surface area contributed by atoms with Gasteiger partial charge >= 0.3 is 0 Å². The van der Waals surface area contributed by atoms with Gasteiger partial charge in [0, 0.05) is 38.3 Å². The van der Waals surface area contributed by atoms with Crippen molar-refractivity contribution in [1.29, 1.82) is 0 Å². The van der Waals surface area contributed by atoms with Gasteiger partial charge in [0.15, 0.2) is 11.0 Å². The normalized spacial score (nSPS) is 17.1. The molecule has 0 spiro atoms. The van der Waals surface area contributed by atoms with Crippen LogP contribution >= 0.6 is 11.8 Å². The first kappa shape index (κ1) is 23.9. The predicted octanol–water partition coefficient (Wildman–Crippen LogP) is 3.52. The van der Waals surface area contributed by atoms with Gasteiger partial charge in [-0.2, -0.15) is 0 Å². The van der Waals surface area contributed by atoms with E-state index in [1.54, 1.807) is 12.1 Å². The molecule has 1 fully saturated rings. The Hall–Kier alpha value is -2.23. The maximum atomic E-state index is 13.4. The number of nitrogens with zero attached hydrogens (tertiary/aromatic N) is 4. The van der Waals surface area contributed by atoms with Crippen LogP contribution < -0.4 is 5.32 Å². The van der Waals surface area contributed by atoms with E-state index in [0.717, 1.165) is 57.7 Å². The van der Waals surface area contributed by atoms with Gasteiger partial charge in [0.2, 0.25) is 5.91 Å². The molecule has 0 unspecified atom stereocenters. The molecule has 2 heterocycles. The van der Waals surface area contributed by atoms with Gasteiger partial charge in [-0.1, -0.05) is 23.4 Å². The van der Waals surface area contributed by atoms with Crippen molar-refractivity contribution in [1.82, 2.24) is 25.0 Å². The first-order chi connectivity index (χ1) is 16.2. The number of benzene rings is 1. The summed E-state index contributed by atoms with van der Waals surface area (Å²) in [7, 11) is 0. The topological polar surface area (TPSA) is 72.3 Å². The van der Waals surface area contributed by atoms with Crippen LogP contribution in [-0.2, 0) is 16.1 Å². The maximum Gasteiger partial charge on any atom is 0.230 e. The summed E-state index contributed by atoms with van der Waals surface area (Å²) in [6.07, 6.45) is 8.10. The van der Waals surface area contributed by atoms with Crippen LogP contribution in [0.25, 0.3) is 11.4 Å². The van der Waals surface area contributed by atoms with Crippen molar-refractivity contribution < 1.29 is 13.9 Å². The Balaban J connectivity index is 1.36. The fraction of sp³-hybridized carbons (Fsp3) is 0.542. The van der Waals surface area contributed by atoms with E-state index in [4.69, 9.17) is 4.74 Å². The monoisotopic (exact) mass is 473 g/mol. The summed E-state index contributed by atoms with van der Waals surface area (Å²) in [5.41, 5.74) is 2.27. The van der Waals surface area contributed by atoms with Gasteiger partial charge in [-0.05, 0) is 56.4 Å². The van der Waals surface area contributed by atoms with Crippen molar-refractivity contribution in [2.45, 2.75) is 43.8 Å². The first-order valence-electron chi connectivity index (χ1n) is 11.8. The first-order valence-corrected chi connectivity index (χ1v) is 12.7. The molecule has 0 radical (unpaired) electrons. The summed E-state index contributed by atoms with van der Waals surface area (Å²) in [4.78, 5) is 14.8. The van der Waals surface area contributed by atoms with Crippen LogP contribution in [0.5, 0.6) is 0 Å². The highest BCUT2D eigenvalue weighted by Crippen LogP contribution is 2.24. The molecule has 2 aliphatic rings. The van der Waals surface area contributed by atoms with Crippen LogP contribution in [0.15, 0.2) is 41.1 Å². The lowest BCUT2D eigenvalue weighted by atomic mass is 9.97. The highest BCUT2D eigenvalue weighted by atomic mass is 32.2. The molecular formula is C24H32FN5O2S. The zero-order valence-electron chi connectivity index (χ0n) is 19.0. The summed E-state index contributed by atoms with van der Waals surface area (Å²) >= 11 is 1.39. The zero-order chi connectivity index (χ0) is 22.9. The number of nitrogens with one attached hydrogen (secondary N) is 1. The Kier molecular flexibility index (Phi) is 8.91. The van der Waals surface area contributed by atoms with Crippen LogP contribution in [0.3, 0.4) is 0 Å². The van der Waals surface area contributed by atoms with Crippen molar-refractivity contribution >= 4 is 17.7 Å². The third-order valence-corrected chi connectivity index (χ3v) is 7.02. The summed E-state index contributed by atoms with van der Waals surface area (Å²) in [6, 6.07) is 6.29. The van der Waals surface area contributed by atoms with Crippen LogP contribution in [0, 0.1) is 5.82 Å². The summed E-state index contributed by atoms with van der Waals surface area (Å²) < 4.78 is 20.9. The van der Waals surface area contributed by atoms with E-state index in [1.807, 2.05) is 4.57 Å². The Bertz CT molecular complexity index is 941. The quantitative estimate of drug-likeness (QED) is 0.421. The molecule has 1 saturated heterocycles. The number of aromatic nitrogens is 3. The van der Waals surface area contributed by atoms with Gasteiger partial charge in [-0.3, -0.25) is 9.69 Å². The van der Waals surface area contributed by atoms with E-state index >= 15 is 0 Å². The molecule has 1 aliphatic carbocycles.